The van der Waals surface area contributed by atoms with Gasteiger partial charge in [-0.1, -0.05) is 0 Å². The highest BCUT2D eigenvalue weighted by molar-refractivity contribution is 8.08. The molecule has 1 unspecified atom stereocenters. The van der Waals surface area contributed by atoms with Crippen molar-refractivity contribution in [1.29, 1.82) is 0 Å². The van der Waals surface area contributed by atoms with E-state index in [1.807, 2.05) is 6.92 Å². The molecule has 0 heterocycles. The van der Waals surface area contributed by atoms with Crippen LogP contribution >= 0.6 is 10.7 Å². The number of rotatable bonds is 3. The van der Waals surface area contributed by atoms with Crippen LogP contribution in [0.25, 0.3) is 0 Å². The second kappa shape index (κ2) is 4.66. The van der Waals surface area contributed by atoms with Gasteiger partial charge in [-0.15, -0.1) is 0 Å². The van der Waals surface area contributed by atoms with E-state index in [2.05, 4.69) is 0 Å². The molecule has 3 nitrogen and oxygen atoms in total. The lowest BCUT2D eigenvalue weighted by Gasteiger charge is -2.10. The minimum atomic E-state index is -1.53. The maximum absolute atomic E-state index is 11.1. The van der Waals surface area contributed by atoms with E-state index in [1.54, 1.807) is 19.2 Å². The molecule has 78 valence electrons. The van der Waals surface area contributed by atoms with Crippen LogP contribution < -0.4 is 9.47 Å². The molecule has 1 aromatic rings. The van der Waals surface area contributed by atoms with Crippen LogP contribution in [0.5, 0.6) is 11.5 Å². The second-order valence-electron chi connectivity index (χ2n) is 2.70. The summed E-state index contributed by atoms with van der Waals surface area (Å²) in [6, 6.07) is 3.37. The molecule has 14 heavy (non-hydrogen) atoms. The van der Waals surface area contributed by atoms with Gasteiger partial charge in [-0.05, 0) is 29.2 Å². The zero-order chi connectivity index (χ0) is 10.7. The highest BCUT2D eigenvalue weighted by atomic mass is 35.7. The van der Waals surface area contributed by atoms with Crippen LogP contribution in [0.1, 0.15) is 5.56 Å². The van der Waals surface area contributed by atoms with E-state index in [-0.39, 0.29) is 0 Å². The third kappa shape index (κ3) is 2.19. The molecule has 0 spiro atoms. The van der Waals surface area contributed by atoms with Gasteiger partial charge in [0.2, 0.25) is 0 Å². The van der Waals surface area contributed by atoms with Crippen molar-refractivity contribution in [2.75, 3.05) is 14.2 Å². The van der Waals surface area contributed by atoms with Crippen molar-refractivity contribution in [2.45, 2.75) is 11.8 Å². The number of benzene rings is 1. The van der Waals surface area contributed by atoms with Crippen molar-refractivity contribution in [3.8, 4) is 11.5 Å². The molecule has 0 aliphatic rings. The van der Waals surface area contributed by atoms with Gasteiger partial charge in [0, 0.05) is 6.07 Å². The fourth-order valence-electron chi connectivity index (χ4n) is 1.13. The molecule has 1 rings (SSSR count). The Morgan fingerprint density at radius 2 is 1.71 bits per heavy atom. The van der Waals surface area contributed by atoms with Crippen LogP contribution in [0.15, 0.2) is 17.0 Å². The first-order chi connectivity index (χ1) is 6.60. The number of aryl methyl sites for hydroxylation is 1. The largest absolute Gasteiger partial charge is 0.493 e. The Hall–Kier alpha value is -0.740. The molecule has 0 bridgehead atoms. The van der Waals surface area contributed by atoms with E-state index >= 15 is 0 Å². The van der Waals surface area contributed by atoms with E-state index in [9.17, 15) is 4.21 Å². The third-order valence-corrected chi connectivity index (χ3v) is 3.14. The van der Waals surface area contributed by atoms with Crippen molar-refractivity contribution in [1.82, 2.24) is 0 Å². The predicted molar refractivity (Wildman–Crippen MR) is 56.5 cm³/mol. The Morgan fingerprint density at radius 3 is 2.14 bits per heavy atom. The lowest BCUT2D eigenvalue weighted by Crippen LogP contribution is -1.95. The van der Waals surface area contributed by atoms with E-state index in [4.69, 9.17) is 20.2 Å². The lowest BCUT2D eigenvalue weighted by atomic mass is 10.2. The zero-order valence-electron chi connectivity index (χ0n) is 8.17. The molecule has 0 fully saturated rings. The Kier molecular flexibility index (Phi) is 3.77. The molecule has 1 atom stereocenters. The standard InChI is InChI=1S/C9H11ClO3S/c1-6-4-7(12-2)8(13-3)5-9(6)14(10)11/h4-5H,1-3H3. The van der Waals surface area contributed by atoms with E-state index < -0.39 is 10.0 Å². The Labute approximate surface area is 89.9 Å². The molecule has 1 aromatic carbocycles. The molecule has 0 saturated carbocycles. The van der Waals surface area contributed by atoms with Crippen LogP contribution in [-0.2, 0) is 10.0 Å². The van der Waals surface area contributed by atoms with Crippen LogP contribution in [0.3, 0.4) is 0 Å². The van der Waals surface area contributed by atoms with E-state index in [0.29, 0.717) is 16.4 Å². The Morgan fingerprint density at radius 1 is 1.21 bits per heavy atom. The average molecular weight is 235 g/mol. The third-order valence-electron chi connectivity index (χ3n) is 1.85. The highest BCUT2D eigenvalue weighted by Crippen LogP contribution is 2.32. The summed E-state index contributed by atoms with van der Waals surface area (Å²) in [5.74, 6) is 1.14. The van der Waals surface area contributed by atoms with Crippen molar-refractivity contribution >= 4 is 20.7 Å². The summed E-state index contributed by atoms with van der Waals surface area (Å²) in [5.41, 5.74) is 0.816. The summed E-state index contributed by atoms with van der Waals surface area (Å²) >= 11 is 0. The van der Waals surface area contributed by atoms with Crippen molar-refractivity contribution in [2.24, 2.45) is 0 Å². The molecule has 0 aliphatic carbocycles. The summed E-state index contributed by atoms with van der Waals surface area (Å²) in [6.45, 7) is 1.82. The normalized spacial score (nSPS) is 12.3. The Bertz CT molecular complexity index is 365. The van der Waals surface area contributed by atoms with Gasteiger partial charge in [0.15, 0.2) is 11.5 Å². The van der Waals surface area contributed by atoms with Gasteiger partial charge < -0.3 is 9.47 Å². The molecule has 5 heteroatoms. The topological polar surface area (TPSA) is 35.5 Å². The first-order valence-corrected chi connectivity index (χ1v) is 5.88. The predicted octanol–water partition coefficient (Wildman–Crippen LogP) is 2.27. The lowest BCUT2D eigenvalue weighted by molar-refractivity contribution is 0.353. The minimum Gasteiger partial charge on any atom is -0.493 e. The number of hydrogen-bond donors (Lipinski definition) is 0. The van der Waals surface area contributed by atoms with Gasteiger partial charge in [0.25, 0.3) is 0 Å². The van der Waals surface area contributed by atoms with Crippen molar-refractivity contribution < 1.29 is 13.7 Å². The Balaban J connectivity index is 3.30. The summed E-state index contributed by atoms with van der Waals surface area (Å²) in [5, 5.41) is 0. The van der Waals surface area contributed by atoms with Crippen molar-refractivity contribution in [3.05, 3.63) is 17.7 Å². The first kappa shape index (κ1) is 11.3. The monoisotopic (exact) mass is 234 g/mol. The fraction of sp³-hybridized carbons (Fsp3) is 0.333. The van der Waals surface area contributed by atoms with Gasteiger partial charge >= 0.3 is 0 Å². The first-order valence-electron chi connectivity index (χ1n) is 3.90. The molecule has 0 aliphatic heterocycles. The molecule has 0 amide bonds. The molecule has 0 saturated heterocycles. The summed E-state index contributed by atoms with van der Waals surface area (Å²) in [7, 11) is 7.05. The van der Waals surface area contributed by atoms with Crippen LogP contribution in [-0.4, -0.2) is 18.4 Å². The van der Waals surface area contributed by atoms with Gasteiger partial charge in [0.1, 0.15) is 10.0 Å². The number of hydrogen-bond acceptors (Lipinski definition) is 3. The highest BCUT2D eigenvalue weighted by Gasteiger charge is 2.11. The minimum absolute atomic E-state index is 0.530. The molecule has 0 N–H and O–H groups in total. The molecule has 0 aromatic heterocycles. The second-order valence-corrected chi connectivity index (χ2v) is 4.42. The number of methoxy groups -OCH3 is 2. The van der Waals surface area contributed by atoms with E-state index in [0.717, 1.165) is 5.56 Å². The number of ether oxygens (including phenoxy) is 2. The average Bonchev–Trinajstić information content (AvgIpc) is 2.16. The van der Waals surface area contributed by atoms with Crippen LogP contribution in [0.4, 0.5) is 0 Å². The summed E-state index contributed by atoms with van der Waals surface area (Å²) in [6.07, 6.45) is 0. The maximum atomic E-state index is 11.1. The van der Waals surface area contributed by atoms with Gasteiger partial charge in [-0.25, -0.2) is 4.21 Å². The van der Waals surface area contributed by atoms with E-state index in [1.165, 1.54) is 7.11 Å². The summed E-state index contributed by atoms with van der Waals surface area (Å²) in [4.78, 5) is 0.546. The smallest absolute Gasteiger partial charge is 0.161 e. The molecular formula is C9H11ClO3S. The van der Waals surface area contributed by atoms with Crippen LogP contribution in [0.2, 0.25) is 0 Å². The molecular weight excluding hydrogens is 224 g/mol. The quantitative estimate of drug-likeness (QED) is 0.753. The van der Waals surface area contributed by atoms with Gasteiger partial charge in [-0.3, -0.25) is 0 Å². The van der Waals surface area contributed by atoms with Gasteiger partial charge in [-0.2, -0.15) is 0 Å². The molecule has 0 radical (unpaired) electrons. The zero-order valence-corrected chi connectivity index (χ0v) is 9.74. The van der Waals surface area contributed by atoms with Crippen LogP contribution in [0, 0.1) is 6.92 Å². The summed E-state index contributed by atoms with van der Waals surface area (Å²) < 4.78 is 21.3. The van der Waals surface area contributed by atoms with Crippen molar-refractivity contribution in [3.63, 3.8) is 0 Å². The SMILES string of the molecule is COc1cc(C)c(S(=O)Cl)cc1OC. The van der Waals surface area contributed by atoms with Gasteiger partial charge in [0.05, 0.1) is 19.1 Å². The maximum Gasteiger partial charge on any atom is 0.161 e. The fourth-order valence-corrected chi connectivity index (χ4v) is 2.15. The number of halogens is 1.